The van der Waals surface area contributed by atoms with Gasteiger partial charge in [0.05, 0.1) is 25.6 Å². The Morgan fingerprint density at radius 2 is 1.76 bits per heavy atom. The minimum absolute atomic E-state index is 0.250. The van der Waals surface area contributed by atoms with Gasteiger partial charge in [0.25, 0.3) is 0 Å². The van der Waals surface area contributed by atoms with Gasteiger partial charge in [0.2, 0.25) is 5.13 Å². The quantitative estimate of drug-likeness (QED) is 0.256. The van der Waals surface area contributed by atoms with E-state index in [-0.39, 0.29) is 6.15 Å². The highest BCUT2D eigenvalue weighted by Crippen LogP contribution is 2.41. The van der Waals surface area contributed by atoms with Crippen molar-refractivity contribution in [3.05, 3.63) is 70.0 Å². The van der Waals surface area contributed by atoms with Gasteiger partial charge in [-0.3, -0.25) is 0 Å². The van der Waals surface area contributed by atoms with Crippen LogP contribution in [0.1, 0.15) is 25.1 Å². The Labute approximate surface area is 210 Å². The van der Waals surface area contributed by atoms with Gasteiger partial charge in [-0.2, -0.15) is 14.7 Å². The van der Waals surface area contributed by atoms with Crippen LogP contribution < -0.4 is 0 Å². The highest BCUT2D eigenvalue weighted by molar-refractivity contribution is 8.01. The zero-order valence-electron chi connectivity index (χ0n) is 18.4. The number of aromatic nitrogens is 3. The number of thioether (sulfide) groups is 1. The predicted molar refractivity (Wildman–Crippen MR) is 136 cm³/mol. The van der Waals surface area contributed by atoms with Crippen molar-refractivity contribution >= 4 is 52.5 Å². The summed E-state index contributed by atoms with van der Waals surface area (Å²) >= 11 is 15.8. The van der Waals surface area contributed by atoms with Crippen LogP contribution in [0.2, 0.25) is 10.0 Å². The molecule has 0 radical (unpaired) electrons. The lowest BCUT2D eigenvalue weighted by Crippen LogP contribution is -1.94. The first kappa shape index (κ1) is 25.2. The van der Waals surface area contributed by atoms with Crippen molar-refractivity contribution < 1.29 is 9.59 Å². The topological polar surface area (TPSA) is 64.8 Å². The molecule has 0 saturated carbocycles. The van der Waals surface area contributed by atoms with Crippen molar-refractivity contribution in [1.29, 1.82) is 0 Å². The molecule has 2 aromatic heterocycles. The van der Waals surface area contributed by atoms with Crippen LogP contribution in [0.4, 0.5) is 0 Å². The molecule has 0 atom stereocenters. The minimum Gasteiger partial charge on any atom is -0.217 e. The summed E-state index contributed by atoms with van der Waals surface area (Å²) in [6.45, 7) is 8.49. The molecule has 0 spiro atoms. The van der Waals surface area contributed by atoms with Gasteiger partial charge in [-0.25, -0.2) is 9.67 Å². The average molecular weight is 518 g/mol. The van der Waals surface area contributed by atoms with E-state index in [0.717, 1.165) is 37.4 Å². The summed E-state index contributed by atoms with van der Waals surface area (Å²) in [5.74, 6) is 0. The summed E-state index contributed by atoms with van der Waals surface area (Å²) in [6.07, 6.45) is 2.31. The summed E-state index contributed by atoms with van der Waals surface area (Å²) in [4.78, 5) is 21.2. The Bertz CT molecular complexity index is 1310. The lowest BCUT2D eigenvalue weighted by atomic mass is 10.1. The SMILES string of the molecule is Cc1cccc(-c2cn(-c3nc(-c4ccc(Cl)c(Cl)c4)c(SC(C)C)s3)nc2C)c1.O=C=O. The summed E-state index contributed by atoms with van der Waals surface area (Å²) in [5.41, 5.74) is 6.35. The fraction of sp³-hybridized carbons (Fsp3) is 0.208. The second-order valence-electron chi connectivity index (χ2n) is 7.45. The standard InChI is InChI=1S/C23H21Cl2N3S2.CO2/c1-13(2)29-22-21(17-8-9-19(24)20(25)11-17)26-23(30-22)28-12-18(15(4)27-28)16-7-5-6-14(3)10-16;2-1-3/h5-13H,1-4H3;. The van der Waals surface area contributed by atoms with E-state index in [1.807, 2.05) is 29.8 Å². The highest BCUT2D eigenvalue weighted by Gasteiger charge is 2.19. The molecule has 170 valence electrons. The zero-order chi connectivity index (χ0) is 24.1. The van der Waals surface area contributed by atoms with Crippen molar-refractivity contribution in [2.75, 3.05) is 0 Å². The molecule has 0 N–H and O–H groups in total. The number of rotatable bonds is 5. The minimum atomic E-state index is 0.250. The highest BCUT2D eigenvalue weighted by atomic mass is 35.5. The molecule has 0 bridgehead atoms. The van der Waals surface area contributed by atoms with E-state index in [9.17, 15) is 0 Å². The van der Waals surface area contributed by atoms with Crippen molar-refractivity contribution in [1.82, 2.24) is 14.8 Å². The average Bonchev–Trinajstić information content (AvgIpc) is 3.34. The first-order valence-electron chi connectivity index (χ1n) is 9.99. The number of carbonyl (C=O) groups excluding carboxylic acids is 2. The summed E-state index contributed by atoms with van der Waals surface area (Å²) in [6, 6.07) is 14.1. The maximum Gasteiger partial charge on any atom is 0.373 e. The summed E-state index contributed by atoms with van der Waals surface area (Å²) in [5, 5.41) is 7.09. The van der Waals surface area contributed by atoms with Crippen molar-refractivity contribution in [3.63, 3.8) is 0 Å². The molecule has 33 heavy (non-hydrogen) atoms. The van der Waals surface area contributed by atoms with E-state index in [1.54, 1.807) is 23.1 Å². The molecule has 4 aromatic rings. The van der Waals surface area contributed by atoms with Gasteiger partial charge in [-0.1, -0.05) is 84.3 Å². The van der Waals surface area contributed by atoms with Crippen LogP contribution in [0.3, 0.4) is 0 Å². The van der Waals surface area contributed by atoms with Gasteiger partial charge in [0, 0.05) is 22.6 Å². The Kier molecular flexibility index (Phi) is 8.51. The number of nitrogens with zero attached hydrogens (tertiary/aromatic N) is 3. The van der Waals surface area contributed by atoms with Crippen LogP contribution >= 0.6 is 46.3 Å². The van der Waals surface area contributed by atoms with Crippen LogP contribution in [-0.2, 0) is 9.59 Å². The molecular formula is C24H21Cl2N3O2S2. The summed E-state index contributed by atoms with van der Waals surface area (Å²) < 4.78 is 3.02. The van der Waals surface area contributed by atoms with E-state index in [0.29, 0.717) is 15.3 Å². The van der Waals surface area contributed by atoms with E-state index < -0.39 is 0 Å². The Morgan fingerprint density at radius 1 is 1.03 bits per heavy atom. The van der Waals surface area contributed by atoms with Crippen LogP contribution in [0, 0.1) is 13.8 Å². The molecule has 0 unspecified atom stereocenters. The second kappa shape index (κ2) is 11.1. The number of halogens is 2. The van der Waals surface area contributed by atoms with Gasteiger partial charge in [-0.05, 0) is 31.5 Å². The Balaban J connectivity index is 0.000000968. The van der Waals surface area contributed by atoms with Crippen LogP contribution in [0.15, 0.2) is 52.9 Å². The van der Waals surface area contributed by atoms with Crippen LogP contribution in [-0.4, -0.2) is 26.2 Å². The van der Waals surface area contributed by atoms with Gasteiger partial charge in [0.15, 0.2) is 0 Å². The molecule has 2 heterocycles. The predicted octanol–water partition coefficient (Wildman–Crippen LogP) is 7.50. The third-order valence-electron chi connectivity index (χ3n) is 4.54. The third kappa shape index (κ3) is 6.14. The molecule has 0 amide bonds. The van der Waals surface area contributed by atoms with Gasteiger partial charge < -0.3 is 0 Å². The van der Waals surface area contributed by atoms with E-state index >= 15 is 0 Å². The normalized spacial score (nSPS) is 10.6. The number of benzene rings is 2. The molecule has 0 aliphatic carbocycles. The fourth-order valence-corrected chi connectivity index (χ4v) is 5.91. The number of aryl methyl sites for hydroxylation is 2. The first-order chi connectivity index (χ1) is 15.7. The Hall–Kier alpha value is -2.41. The van der Waals surface area contributed by atoms with Crippen LogP contribution in [0.5, 0.6) is 0 Å². The monoisotopic (exact) mass is 517 g/mol. The molecule has 0 aliphatic heterocycles. The molecular weight excluding hydrogens is 497 g/mol. The summed E-state index contributed by atoms with van der Waals surface area (Å²) in [7, 11) is 0. The smallest absolute Gasteiger partial charge is 0.217 e. The molecule has 5 nitrogen and oxygen atoms in total. The number of thiazole rings is 1. The molecule has 0 saturated heterocycles. The lowest BCUT2D eigenvalue weighted by molar-refractivity contribution is -0.191. The molecule has 0 fully saturated rings. The van der Waals surface area contributed by atoms with Crippen molar-refractivity contribution in [2.24, 2.45) is 0 Å². The first-order valence-corrected chi connectivity index (χ1v) is 12.4. The second-order valence-corrected chi connectivity index (χ2v) is 11.1. The molecule has 2 aromatic carbocycles. The van der Waals surface area contributed by atoms with Crippen molar-refractivity contribution in [2.45, 2.75) is 37.2 Å². The maximum absolute atomic E-state index is 8.12. The zero-order valence-corrected chi connectivity index (χ0v) is 21.6. The fourth-order valence-electron chi connectivity index (χ4n) is 3.17. The van der Waals surface area contributed by atoms with E-state index in [4.69, 9.17) is 42.9 Å². The third-order valence-corrected chi connectivity index (χ3v) is 7.54. The number of hydrogen-bond acceptors (Lipinski definition) is 6. The lowest BCUT2D eigenvalue weighted by Gasteiger charge is -2.05. The van der Waals surface area contributed by atoms with E-state index in [2.05, 4.69) is 51.2 Å². The molecule has 9 heteroatoms. The number of hydrogen-bond donors (Lipinski definition) is 0. The van der Waals surface area contributed by atoms with Crippen LogP contribution in [0.25, 0.3) is 27.5 Å². The molecule has 4 rings (SSSR count). The van der Waals surface area contributed by atoms with Gasteiger partial charge in [-0.15, -0.1) is 11.8 Å². The van der Waals surface area contributed by atoms with Gasteiger partial charge in [0.1, 0.15) is 0 Å². The Morgan fingerprint density at radius 3 is 2.39 bits per heavy atom. The van der Waals surface area contributed by atoms with Crippen molar-refractivity contribution in [3.8, 4) is 27.5 Å². The maximum atomic E-state index is 8.12. The van der Waals surface area contributed by atoms with Gasteiger partial charge >= 0.3 is 6.15 Å². The molecule has 0 aliphatic rings. The van der Waals surface area contributed by atoms with E-state index in [1.165, 1.54) is 5.56 Å². The largest absolute Gasteiger partial charge is 0.373 e.